The fourth-order valence-corrected chi connectivity index (χ4v) is 2.41. The Morgan fingerprint density at radius 2 is 1.50 bits per heavy atom. The van der Waals surface area contributed by atoms with E-state index in [9.17, 15) is 9.59 Å². The highest BCUT2D eigenvalue weighted by molar-refractivity contribution is 5.76. The summed E-state index contributed by atoms with van der Waals surface area (Å²) in [5.74, 6) is -0.868. The molecule has 0 heterocycles. The van der Waals surface area contributed by atoms with Crippen molar-refractivity contribution in [3.8, 4) is 11.5 Å². The summed E-state index contributed by atoms with van der Waals surface area (Å²) in [5.41, 5.74) is 6.10. The molecule has 0 aromatic heterocycles. The minimum atomic E-state index is -1.29. The van der Waals surface area contributed by atoms with Gasteiger partial charge in [0.15, 0.2) is 5.60 Å². The third-order valence-corrected chi connectivity index (χ3v) is 4.17. The summed E-state index contributed by atoms with van der Waals surface area (Å²) in [6, 6.07) is 13.5. The number of carboxylic acid groups (broad SMARTS) is 2. The second-order valence-electron chi connectivity index (χ2n) is 6.95. The third-order valence-electron chi connectivity index (χ3n) is 4.17. The highest BCUT2D eigenvalue weighted by Crippen LogP contribution is 2.20. The van der Waals surface area contributed by atoms with E-state index in [1.165, 1.54) is 13.8 Å². The maximum Gasteiger partial charge on any atom is 0.347 e. The van der Waals surface area contributed by atoms with Gasteiger partial charge >= 0.3 is 11.9 Å². The summed E-state index contributed by atoms with van der Waals surface area (Å²) < 4.78 is 11.2. The molecule has 4 N–H and O–H groups in total. The zero-order valence-electron chi connectivity index (χ0n) is 15.9. The van der Waals surface area contributed by atoms with E-state index in [4.69, 9.17) is 25.4 Å². The number of nitrogens with two attached hydrogens (primary N) is 1. The van der Waals surface area contributed by atoms with Crippen molar-refractivity contribution >= 4 is 11.9 Å². The number of rotatable bonds is 10. The van der Waals surface area contributed by atoms with Crippen molar-refractivity contribution in [2.45, 2.75) is 38.3 Å². The first-order valence-corrected chi connectivity index (χ1v) is 8.89. The molecule has 0 aliphatic rings. The van der Waals surface area contributed by atoms with Gasteiger partial charge in [-0.2, -0.15) is 0 Å². The van der Waals surface area contributed by atoms with Crippen molar-refractivity contribution < 1.29 is 29.3 Å². The average molecular weight is 387 g/mol. The van der Waals surface area contributed by atoms with Gasteiger partial charge in [-0.25, -0.2) is 4.79 Å². The number of hydrogen-bond donors (Lipinski definition) is 3. The Morgan fingerprint density at radius 1 is 0.964 bits per heavy atom. The highest BCUT2D eigenvalue weighted by atomic mass is 16.5. The molecule has 0 saturated carbocycles. The number of benzene rings is 2. The van der Waals surface area contributed by atoms with Gasteiger partial charge in [-0.15, -0.1) is 0 Å². The van der Waals surface area contributed by atoms with Gasteiger partial charge in [0.05, 0.1) is 6.61 Å². The molecule has 1 atom stereocenters. The summed E-state index contributed by atoms with van der Waals surface area (Å²) in [6.45, 7) is 3.46. The van der Waals surface area contributed by atoms with Crippen molar-refractivity contribution in [1.29, 1.82) is 0 Å². The molecule has 0 bridgehead atoms. The van der Waals surface area contributed by atoms with Crippen LogP contribution in [0.4, 0.5) is 0 Å². The van der Waals surface area contributed by atoms with Crippen molar-refractivity contribution in [1.82, 2.24) is 0 Å². The minimum Gasteiger partial charge on any atom is -0.493 e. The van der Waals surface area contributed by atoms with E-state index in [0.717, 1.165) is 11.1 Å². The molecule has 0 saturated heterocycles. The zero-order chi connectivity index (χ0) is 20.7. The summed E-state index contributed by atoms with van der Waals surface area (Å²) in [4.78, 5) is 21.9. The number of carboxylic acids is 2. The summed E-state index contributed by atoms with van der Waals surface area (Å²) in [7, 11) is 0. The maximum atomic E-state index is 11.1. The van der Waals surface area contributed by atoms with Crippen LogP contribution in [0.3, 0.4) is 0 Å². The van der Waals surface area contributed by atoms with Crippen LogP contribution >= 0.6 is 0 Å². The first kappa shape index (κ1) is 21.2. The molecule has 2 rings (SSSR count). The van der Waals surface area contributed by atoms with E-state index < -0.39 is 23.6 Å². The molecule has 1 unspecified atom stereocenters. The molecule has 0 fully saturated rings. The molecule has 0 spiro atoms. The molecule has 0 radical (unpaired) electrons. The predicted molar refractivity (Wildman–Crippen MR) is 104 cm³/mol. The Kier molecular flexibility index (Phi) is 7.00. The molecule has 0 amide bonds. The van der Waals surface area contributed by atoms with Crippen LogP contribution in [0, 0.1) is 0 Å². The number of aliphatic carboxylic acids is 2. The third kappa shape index (κ3) is 6.28. The molecule has 150 valence electrons. The van der Waals surface area contributed by atoms with E-state index in [2.05, 4.69) is 0 Å². The monoisotopic (exact) mass is 387 g/mol. The smallest absolute Gasteiger partial charge is 0.347 e. The zero-order valence-corrected chi connectivity index (χ0v) is 15.9. The van der Waals surface area contributed by atoms with Gasteiger partial charge in [0.1, 0.15) is 17.5 Å². The van der Waals surface area contributed by atoms with E-state index in [-0.39, 0.29) is 6.42 Å². The van der Waals surface area contributed by atoms with E-state index in [1.54, 1.807) is 36.4 Å². The Bertz CT molecular complexity index is 799. The van der Waals surface area contributed by atoms with Gasteiger partial charge in [-0.1, -0.05) is 24.3 Å². The summed E-state index contributed by atoms with van der Waals surface area (Å²) >= 11 is 0. The van der Waals surface area contributed by atoms with Crippen LogP contribution in [-0.2, 0) is 22.4 Å². The largest absolute Gasteiger partial charge is 0.493 e. The first-order chi connectivity index (χ1) is 13.2. The summed E-state index contributed by atoms with van der Waals surface area (Å²) in [6.07, 6.45) is 0.941. The van der Waals surface area contributed by atoms with Crippen LogP contribution in [-0.4, -0.2) is 40.4 Å². The van der Waals surface area contributed by atoms with Gasteiger partial charge in [-0.3, -0.25) is 4.79 Å². The fourth-order valence-electron chi connectivity index (χ4n) is 2.41. The molecule has 2 aromatic carbocycles. The second kappa shape index (κ2) is 9.23. The topological polar surface area (TPSA) is 119 Å². The van der Waals surface area contributed by atoms with E-state index in [0.29, 0.717) is 24.5 Å². The van der Waals surface area contributed by atoms with Crippen LogP contribution in [0.2, 0.25) is 0 Å². The Morgan fingerprint density at radius 3 is 2.04 bits per heavy atom. The molecular weight excluding hydrogens is 362 g/mol. The molecule has 7 nitrogen and oxygen atoms in total. The molecule has 28 heavy (non-hydrogen) atoms. The fraction of sp³-hybridized carbons (Fsp3) is 0.333. The normalized spacial score (nSPS) is 12.2. The van der Waals surface area contributed by atoms with E-state index in [1.807, 2.05) is 12.1 Å². The number of hydrogen-bond acceptors (Lipinski definition) is 5. The van der Waals surface area contributed by atoms with Crippen molar-refractivity contribution in [3.05, 3.63) is 59.7 Å². The van der Waals surface area contributed by atoms with Gasteiger partial charge in [0.25, 0.3) is 0 Å². The lowest BCUT2D eigenvalue weighted by Gasteiger charge is -2.21. The lowest BCUT2D eigenvalue weighted by Crippen LogP contribution is -2.37. The Labute approximate surface area is 163 Å². The molecule has 0 aliphatic carbocycles. The number of carbonyl (C=O) groups is 2. The Hall–Kier alpha value is -3.06. The molecular formula is C21H25NO6. The SMILES string of the molecule is CC(C)(Oc1ccc(CCOc2ccc(CC(N)C(=O)O)cc2)cc1)C(=O)O. The van der Waals surface area contributed by atoms with Crippen molar-refractivity contribution in [3.63, 3.8) is 0 Å². The van der Waals surface area contributed by atoms with E-state index >= 15 is 0 Å². The molecule has 7 heteroatoms. The standard InChI is InChI=1S/C21H25NO6/c1-21(2,20(25)26)28-17-9-3-14(4-10-17)11-12-27-16-7-5-15(6-8-16)13-18(22)19(23)24/h3-10,18H,11-13,22H2,1-2H3,(H,23,24)(H,25,26). The van der Waals surface area contributed by atoms with Crippen LogP contribution in [0.5, 0.6) is 11.5 Å². The number of ether oxygens (including phenoxy) is 2. The second-order valence-corrected chi connectivity index (χ2v) is 6.95. The van der Waals surface area contributed by atoms with Gasteiger partial charge in [0.2, 0.25) is 0 Å². The minimum absolute atomic E-state index is 0.267. The van der Waals surface area contributed by atoms with Crippen LogP contribution in [0.15, 0.2) is 48.5 Å². The maximum absolute atomic E-state index is 11.1. The Balaban J connectivity index is 1.81. The van der Waals surface area contributed by atoms with Gasteiger partial charge in [-0.05, 0) is 55.7 Å². The highest BCUT2D eigenvalue weighted by Gasteiger charge is 2.29. The van der Waals surface area contributed by atoms with Crippen LogP contribution in [0.25, 0.3) is 0 Å². The van der Waals surface area contributed by atoms with Gasteiger partial charge in [0, 0.05) is 6.42 Å². The average Bonchev–Trinajstić information content (AvgIpc) is 2.64. The van der Waals surface area contributed by atoms with Crippen molar-refractivity contribution in [2.75, 3.05) is 6.61 Å². The van der Waals surface area contributed by atoms with Crippen LogP contribution in [0.1, 0.15) is 25.0 Å². The first-order valence-electron chi connectivity index (χ1n) is 8.89. The quantitative estimate of drug-likeness (QED) is 0.573. The summed E-state index contributed by atoms with van der Waals surface area (Å²) in [5, 5.41) is 17.9. The van der Waals surface area contributed by atoms with Crippen LogP contribution < -0.4 is 15.2 Å². The molecule has 2 aromatic rings. The lowest BCUT2D eigenvalue weighted by atomic mass is 10.1. The lowest BCUT2D eigenvalue weighted by molar-refractivity contribution is -0.152. The van der Waals surface area contributed by atoms with Gasteiger partial charge < -0.3 is 25.4 Å². The molecule has 0 aliphatic heterocycles. The van der Waals surface area contributed by atoms with Crippen molar-refractivity contribution in [2.24, 2.45) is 5.73 Å². The predicted octanol–water partition coefficient (Wildman–Crippen LogP) is 2.50.